The Kier molecular flexibility index (Phi) is 4.16. The lowest BCUT2D eigenvalue weighted by Crippen LogP contribution is -2.14. The van der Waals surface area contributed by atoms with Gasteiger partial charge in [0, 0.05) is 16.9 Å². The number of amides is 1. The van der Waals surface area contributed by atoms with Crippen LogP contribution in [0, 0.1) is 0 Å². The summed E-state index contributed by atoms with van der Waals surface area (Å²) in [5.74, 6) is 0.663. The van der Waals surface area contributed by atoms with Crippen molar-refractivity contribution in [2.45, 2.75) is 5.16 Å². The minimum atomic E-state index is -0.104. The first-order valence-corrected chi connectivity index (χ1v) is 7.85. The van der Waals surface area contributed by atoms with Crippen molar-refractivity contribution in [1.82, 2.24) is 19.6 Å². The zero-order valence-corrected chi connectivity index (χ0v) is 13.1. The number of hydrogen-bond donors (Lipinski definition) is 1. The summed E-state index contributed by atoms with van der Waals surface area (Å²) < 4.78 is 2.59. The number of aromatic nitrogens is 4. The third-order valence-corrected chi connectivity index (χ3v) is 4.27. The highest BCUT2D eigenvalue weighted by Crippen LogP contribution is 2.22. The fourth-order valence-corrected chi connectivity index (χ4v) is 2.80. The van der Waals surface area contributed by atoms with Crippen LogP contribution >= 0.6 is 27.7 Å². The molecule has 0 unspecified atom stereocenters. The smallest absolute Gasteiger partial charge is 0.255 e. The van der Waals surface area contributed by atoms with Crippen molar-refractivity contribution in [2.75, 3.05) is 11.1 Å². The number of fused-ring (bicyclic) bond motifs is 1. The van der Waals surface area contributed by atoms with Crippen molar-refractivity contribution < 1.29 is 4.79 Å². The summed E-state index contributed by atoms with van der Waals surface area (Å²) in [6.07, 6.45) is 3.47. The molecule has 106 valence electrons. The molecule has 1 amide bonds. The zero-order chi connectivity index (χ0) is 14.7. The van der Waals surface area contributed by atoms with Crippen molar-refractivity contribution in [3.63, 3.8) is 0 Å². The van der Waals surface area contributed by atoms with Crippen LogP contribution in [-0.4, -0.2) is 31.2 Å². The minimum absolute atomic E-state index is 0.104. The van der Waals surface area contributed by atoms with Gasteiger partial charge in [-0.3, -0.25) is 9.20 Å². The van der Waals surface area contributed by atoms with Crippen LogP contribution < -0.4 is 5.32 Å². The summed E-state index contributed by atoms with van der Waals surface area (Å²) in [6.45, 7) is 0. The number of anilines is 1. The molecule has 0 fully saturated rings. The zero-order valence-electron chi connectivity index (χ0n) is 10.7. The predicted octanol–water partition coefficient (Wildman–Crippen LogP) is 2.62. The molecule has 0 saturated heterocycles. The molecular weight excluding hydrogens is 354 g/mol. The van der Waals surface area contributed by atoms with Crippen LogP contribution in [0.15, 0.2) is 52.4 Å². The standard InChI is InChI=1S/C13H10BrN5OS/c14-9-4-1-2-5-10(9)16-11(20)8-21-13-18-17-12-15-6-3-7-19(12)13/h1-7H,8H2,(H,16,20). The first-order chi connectivity index (χ1) is 10.2. The molecule has 0 radical (unpaired) electrons. The van der Waals surface area contributed by atoms with E-state index in [0.717, 1.165) is 10.2 Å². The van der Waals surface area contributed by atoms with Gasteiger partial charge in [-0.05, 0) is 34.1 Å². The lowest BCUT2D eigenvalue weighted by molar-refractivity contribution is -0.113. The largest absolute Gasteiger partial charge is 0.324 e. The summed E-state index contributed by atoms with van der Waals surface area (Å²) in [6, 6.07) is 9.26. The Morgan fingerprint density at radius 2 is 2.14 bits per heavy atom. The normalized spacial score (nSPS) is 10.7. The second-order valence-corrected chi connectivity index (χ2v) is 5.89. The average molecular weight is 364 g/mol. The monoisotopic (exact) mass is 363 g/mol. The lowest BCUT2D eigenvalue weighted by atomic mass is 10.3. The van der Waals surface area contributed by atoms with Gasteiger partial charge in [-0.1, -0.05) is 23.9 Å². The van der Waals surface area contributed by atoms with Gasteiger partial charge in [-0.2, -0.15) is 0 Å². The van der Waals surface area contributed by atoms with Gasteiger partial charge in [0.25, 0.3) is 5.78 Å². The number of carbonyl (C=O) groups is 1. The summed E-state index contributed by atoms with van der Waals surface area (Å²) in [5.41, 5.74) is 0.746. The van der Waals surface area contributed by atoms with Gasteiger partial charge < -0.3 is 5.32 Å². The van der Waals surface area contributed by atoms with Gasteiger partial charge in [0.2, 0.25) is 5.91 Å². The molecule has 0 aliphatic heterocycles. The van der Waals surface area contributed by atoms with E-state index in [1.165, 1.54) is 11.8 Å². The molecule has 8 heteroatoms. The molecule has 21 heavy (non-hydrogen) atoms. The van der Waals surface area contributed by atoms with Crippen LogP contribution in [-0.2, 0) is 4.79 Å². The number of rotatable bonds is 4. The third kappa shape index (κ3) is 3.22. The molecule has 0 aliphatic carbocycles. The summed E-state index contributed by atoms with van der Waals surface area (Å²) in [5, 5.41) is 11.4. The number of nitrogens with zero attached hydrogens (tertiary/aromatic N) is 4. The van der Waals surface area contributed by atoms with Gasteiger partial charge in [0.1, 0.15) is 0 Å². The van der Waals surface area contributed by atoms with Gasteiger partial charge in [0.15, 0.2) is 5.16 Å². The SMILES string of the molecule is O=C(CSc1nnc2ncccn12)Nc1ccccc1Br. The van der Waals surface area contributed by atoms with E-state index in [1.54, 1.807) is 16.7 Å². The van der Waals surface area contributed by atoms with E-state index in [0.29, 0.717) is 10.9 Å². The number of carbonyl (C=O) groups excluding carboxylic acids is 1. The predicted molar refractivity (Wildman–Crippen MR) is 84.3 cm³/mol. The van der Waals surface area contributed by atoms with E-state index in [1.807, 2.05) is 30.5 Å². The van der Waals surface area contributed by atoms with Crippen LogP contribution in [0.25, 0.3) is 5.78 Å². The van der Waals surface area contributed by atoms with Crippen LogP contribution in [0.1, 0.15) is 0 Å². The Balaban J connectivity index is 1.65. The Hall–Kier alpha value is -1.93. The molecule has 0 spiro atoms. The highest BCUT2D eigenvalue weighted by atomic mass is 79.9. The molecule has 0 saturated carbocycles. The van der Waals surface area contributed by atoms with Gasteiger partial charge in [0.05, 0.1) is 11.4 Å². The summed E-state index contributed by atoms with van der Waals surface area (Å²) in [7, 11) is 0. The molecule has 2 heterocycles. The molecule has 3 rings (SSSR count). The third-order valence-electron chi connectivity index (χ3n) is 2.64. The molecule has 2 aromatic heterocycles. The summed E-state index contributed by atoms with van der Waals surface area (Å²) >= 11 is 4.70. The average Bonchev–Trinajstić information content (AvgIpc) is 2.91. The molecule has 0 atom stereocenters. The second-order valence-electron chi connectivity index (χ2n) is 4.09. The van der Waals surface area contributed by atoms with Crippen molar-refractivity contribution in [3.8, 4) is 0 Å². The van der Waals surface area contributed by atoms with Crippen molar-refractivity contribution in [1.29, 1.82) is 0 Å². The summed E-state index contributed by atoms with van der Waals surface area (Å²) in [4.78, 5) is 16.0. The van der Waals surface area contributed by atoms with Gasteiger partial charge in [-0.15, -0.1) is 10.2 Å². The number of hydrogen-bond acceptors (Lipinski definition) is 5. The highest BCUT2D eigenvalue weighted by Gasteiger charge is 2.10. The number of thioether (sulfide) groups is 1. The van der Waals surface area contributed by atoms with Gasteiger partial charge >= 0.3 is 0 Å². The first-order valence-electron chi connectivity index (χ1n) is 6.07. The van der Waals surface area contributed by atoms with Crippen LogP contribution in [0.2, 0.25) is 0 Å². The molecule has 1 aromatic carbocycles. The fourth-order valence-electron chi connectivity index (χ4n) is 1.70. The number of benzene rings is 1. The Labute approximate surface area is 133 Å². The second kappa shape index (κ2) is 6.23. The van der Waals surface area contributed by atoms with E-state index in [4.69, 9.17) is 0 Å². The highest BCUT2D eigenvalue weighted by molar-refractivity contribution is 9.10. The van der Waals surface area contributed by atoms with E-state index >= 15 is 0 Å². The first kappa shape index (κ1) is 14.0. The molecule has 0 aliphatic rings. The van der Waals surface area contributed by atoms with E-state index < -0.39 is 0 Å². The maximum Gasteiger partial charge on any atom is 0.255 e. The number of para-hydroxylation sites is 1. The van der Waals surface area contributed by atoms with Crippen molar-refractivity contribution in [2.24, 2.45) is 0 Å². The van der Waals surface area contributed by atoms with Crippen LogP contribution in [0.4, 0.5) is 5.69 Å². The quantitative estimate of drug-likeness (QED) is 0.721. The minimum Gasteiger partial charge on any atom is -0.324 e. The van der Waals surface area contributed by atoms with E-state index in [9.17, 15) is 4.79 Å². The maximum atomic E-state index is 12.0. The number of halogens is 1. The van der Waals surface area contributed by atoms with Crippen molar-refractivity contribution >= 4 is 45.1 Å². The van der Waals surface area contributed by atoms with E-state index in [-0.39, 0.29) is 11.7 Å². The molecule has 1 N–H and O–H groups in total. The molecular formula is C13H10BrN5OS. The Bertz CT molecular complexity index is 791. The Morgan fingerprint density at radius 3 is 3.00 bits per heavy atom. The number of nitrogens with one attached hydrogen (secondary N) is 1. The van der Waals surface area contributed by atoms with Crippen molar-refractivity contribution in [3.05, 3.63) is 47.2 Å². The molecule has 0 bridgehead atoms. The van der Waals surface area contributed by atoms with Gasteiger partial charge in [-0.25, -0.2) is 4.98 Å². The fraction of sp³-hybridized carbons (Fsp3) is 0.0769. The maximum absolute atomic E-state index is 12.0. The molecule has 6 nitrogen and oxygen atoms in total. The topological polar surface area (TPSA) is 72.2 Å². The lowest BCUT2D eigenvalue weighted by Gasteiger charge is -2.06. The van der Waals surface area contributed by atoms with Crippen LogP contribution in [0.3, 0.4) is 0 Å². The molecule has 3 aromatic rings. The van der Waals surface area contributed by atoms with Crippen LogP contribution in [0.5, 0.6) is 0 Å². The van der Waals surface area contributed by atoms with E-state index in [2.05, 4.69) is 36.4 Å². The Morgan fingerprint density at radius 1 is 1.29 bits per heavy atom.